The fraction of sp³-hybridized carbons (Fsp3) is 0.286. The van der Waals surface area contributed by atoms with Crippen molar-refractivity contribution in [3.8, 4) is 5.75 Å². The van der Waals surface area contributed by atoms with Crippen molar-refractivity contribution in [3.63, 3.8) is 0 Å². The van der Waals surface area contributed by atoms with Crippen LogP contribution in [0.2, 0.25) is 0 Å². The molecule has 0 radical (unpaired) electrons. The lowest BCUT2D eigenvalue weighted by molar-refractivity contribution is -0.107. The molecule has 0 spiro atoms. The van der Waals surface area contributed by atoms with Gasteiger partial charge in [0.2, 0.25) is 12.4 Å². The lowest BCUT2D eigenvalue weighted by Crippen LogP contribution is -2.28. The number of amides is 1. The predicted octanol–water partition coefficient (Wildman–Crippen LogP) is 4.70. The molecule has 5 rings (SSSR count). The zero-order chi connectivity index (χ0) is 26.7. The van der Waals surface area contributed by atoms with Gasteiger partial charge in [0.05, 0.1) is 11.0 Å². The number of H-pyrrole nitrogens is 1. The van der Waals surface area contributed by atoms with Crippen molar-refractivity contribution in [3.05, 3.63) is 72.3 Å². The van der Waals surface area contributed by atoms with E-state index in [1.54, 1.807) is 35.2 Å². The van der Waals surface area contributed by atoms with E-state index in [-0.39, 0.29) is 16.7 Å². The minimum atomic E-state index is -4.03. The quantitative estimate of drug-likeness (QED) is 0.201. The van der Waals surface area contributed by atoms with Crippen molar-refractivity contribution in [2.75, 3.05) is 34.8 Å². The fourth-order valence-corrected chi connectivity index (χ4v) is 5.28. The Morgan fingerprint density at radius 1 is 1.11 bits per heavy atom. The number of hydrogen-bond donors (Lipinski definition) is 2. The lowest BCUT2D eigenvalue weighted by atomic mass is 10.2. The number of fused-ring (bicyclic) bond motifs is 1. The van der Waals surface area contributed by atoms with Gasteiger partial charge >= 0.3 is 10.1 Å². The minimum Gasteiger partial charge on any atom is -0.383 e. The molecule has 2 N–H and O–H groups in total. The average molecular weight is 534 g/mol. The third-order valence-corrected chi connectivity index (χ3v) is 7.81. The van der Waals surface area contributed by atoms with E-state index in [2.05, 4.69) is 58.3 Å². The minimum absolute atomic E-state index is 0.0595. The Balaban J connectivity index is 1.21. The molecule has 9 nitrogen and oxygen atoms in total. The second-order valence-corrected chi connectivity index (χ2v) is 10.9. The van der Waals surface area contributed by atoms with Crippen LogP contribution in [-0.2, 0) is 14.9 Å². The maximum absolute atomic E-state index is 12.9. The van der Waals surface area contributed by atoms with Crippen LogP contribution >= 0.6 is 0 Å². The van der Waals surface area contributed by atoms with Gasteiger partial charge in [0.25, 0.3) is 0 Å². The number of carbonyl (C=O) groups is 1. The molecule has 0 unspecified atom stereocenters. The monoisotopic (exact) mass is 533 g/mol. The van der Waals surface area contributed by atoms with E-state index in [0.717, 1.165) is 38.0 Å². The molecule has 1 amide bonds. The number of imidazole rings is 1. The van der Waals surface area contributed by atoms with Gasteiger partial charge in [-0.3, -0.25) is 9.69 Å². The molecule has 0 saturated heterocycles. The Bertz CT molecular complexity index is 1530. The molecule has 38 heavy (non-hydrogen) atoms. The van der Waals surface area contributed by atoms with E-state index < -0.39 is 10.1 Å². The number of rotatable bonds is 12. The summed E-state index contributed by atoms with van der Waals surface area (Å²) in [6, 6.07) is 19.9. The number of aryl methyl sites for hydroxylation is 1. The molecular formula is C28H31N5O4S. The summed E-state index contributed by atoms with van der Waals surface area (Å²) in [5.41, 5.74) is 4.44. The summed E-state index contributed by atoms with van der Waals surface area (Å²) in [4.78, 5) is 22.9. The number of carbonyl (C=O) groups excluding carboxylic acids is 1. The van der Waals surface area contributed by atoms with Gasteiger partial charge in [0.1, 0.15) is 10.6 Å². The number of aromatic amines is 1. The van der Waals surface area contributed by atoms with Crippen LogP contribution in [0.15, 0.2) is 71.6 Å². The van der Waals surface area contributed by atoms with Gasteiger partial charge in [-0.15, -0.1) is 0 Å². The molecule has 4 aromatic rings. The maximum atomic E-state index is 12.9. The first-order valence-corrected chi connectivity index (χ1v) is 14.1. The molecule has 0 bridgehead atoms. The SMILES string of the molecule is CCN(CCNc1ccc(S(=O)(=O)Oc2ccc3nc(N(C=O)C4CC4)[nH]c3c2)cc1)c1cccc(C)c1. The molecule has 1 aliphatic carbocycles. The molecule has 0 aliphatic heterocycles. The molecular weight excluding hydrogens is 502 g/mol. The maximum Gasteiger partial charge on any atom is 0.339 e. The average Bonchev–Trinajstić information content (AvgIpc) is 3.65. The van der Waals surface area contributed by atoms with Gasteiger partial charge in [0.15, 0.2) is 0 Å². The first kappa shape index (κ1) is 25.6. The highest BCUT2D eigenvalue weighted by atomic mass is 32.2. The van der Waals surface area contributed by atoms with Crippen LogP contribution in [0.5, 0.6) is 5.75 Å². The molecule has 1 aromatic heterocycles. The summed E-state index contributed by atoms with van der Waals surface area (Å²) >= 11 is 0. The Labute approximate surface area is 222 Å². The van der Waals surface area contributed by atoms with Crippen molar-refractivity contribution >= 4 is 44.9 Å². The molecule has 198 valence electrons. The van der Waals surface area contributed by atoms with Crippen molar-refractivity contribution in [2.45, 2.75) is 37.6 Å². The normalized spacial score (nSPS) is 13.3. The number of likely N-dealkylation sites (N-methyl/N-ethyl adjacent to an activating group) is 1. The second-order valence-electron chi connectivity index (χ2n) is 9.39. The van der Waals surface area contributed by atoms with Crippen molar-refractivity contribution in [1.82, 2.24) is 9.97 Å². The summed E-state index contributed by atoms with van der Waals surface area (Å²) in [7, 11) is -4.03. The van der Waals surface area contributed by atoms with E-state index in [9.17, 15) is 13.2 Å². The van der Waals surface area contributed by atoms with Crippen LogP contribution in [-0.4, -0.2) is 50.5 Å². The summed E-state index contributed by atoms with van der Waals surface area (Å²) in [6.45, 7) is 6.61. The van der Waals surface area contributed by atoms with Crippen LogP contribution in [0.1, 0.15) is 25.3 Å². The van der Waals surface area contributed by atoms with Gasteiger partial charge in [0, 0.05) is 43.1 Å². The van der Waals surface area contributed by atoms with E-state index >= 15 is 0 Å². The highest BCUT2D eigenvalue weighted by Gasteiger charge is 2.31. The van der Waals surface area contributed by atoms with E-state index in [4.69, 9.17) is 4.18 Å². The topological polar surface area (TPSA) is 108 Å². The molecule has 1 heterocycles. The van der Waals surface area contributed by atoms with Crippen molar-refractivity contribution in [2.24, 2.45) is 0 Å². The largest absolute Gasteiger partial charge is 0.383 e. The molecule has 1 fully saturated rings. The van der Waals surface area contributed by atoms with Crippen LogP contribution in [0, 0.1) is 6.92 Å². The number of anilines is 3. The van der Waals surface area contributed by atoms with Crippen LogP contribution < -0.4 is 19.3 Å². The Kier molecular flexibility index (Phi) is 7.24. The standard InChI is InChI=1S/C28H31N5O4S/c1-3-32(23-6-4-5-20(2)17-23)16-15-29-21-7-12-25(13-8-21)38(35,36)37-24-11-14-26-27(18-24)31-28(30-26)33(19-34)22-9-10-22/h4-8,11-14,17-19,22,29H,3,9-10,15-16H2,1-2H3,(H,30,31). The Morgan fingerprint density at radius 3 is 2.58 bits per heavy atom. The summed E-state index contributed by atoms with van der Waals surface area (Å²) in [5.74, 6) is 0.608. The van der Waals surface area contributed by atoms with E-state index in [0.29, 0.717) is 23.5 Å². The van der Waals surface area contributed by atoms with E-state index in [1.807, 2.05) is 0 Å². The predicted molar refractivity (Wildman–Crippen MR) is 149 cm³/mol. The fourth-order valence-electron chi connectivity index (χ4n) is 4.35. The zero-order valence-electron chi connectivity index (χ0n) is 21.4. The number of hydrogen-bond acceptors (Lipinski definition) is 7. The zero-order valence-corrected chi connectivity index (χ0v) is 22.2. The highest BCUT2D eigenvalue weighted by molar-refractivity contribution is 7.87. The van der Waals surface area contributed by atoms with Crippen molar-refractivity contribution < 1.29 is 17.4 Å². The van der Waals surface area contributed by atoms with Crippen molar-refractivity contribution in [1.29, 1.82) is 0 Å². The summed E-state index contributed by atoms with van der Waals surface area (Å²) in [5, 5.41) is 3.35. The lowest BCUT2D eigenvalue weighted by Gasteiger charge is -2.24. The van der Waals surface area contributed by atoms with Gasteiger partial charge in [-0.25, -0.2) is 4.98 Å². The first-order valence-electron chi connectivity index (χ1n) is 12.7. The summed E-state index contributed by atoms with van der Waals surface area (Å²) in [6.07, 6.45) is 2.66. The molecule has 3 aromatic carbocycles. The second kappa shape index (κ2) is 10.7. The Hall–Kier alpha value is -4.05. The molecule has 1 aliphatic rings. The molecule has 10 heteroatoms. The van der Waals surface area contributed by atoms with Crippen LogP contribution in [0.3, 0.4) is 0 Å². The summed E-state index contributed by atoms with van der Waals surface area (Å²) < 4.78 is 31.2. The first-order chi connectivity index (χ1) is 18.4. The van der Waals surface area contributed by atoms with E-state index in [1.165, 1.54) is 23.4 Å². The van der Waals surface area contributed by atoms with Crippen LogP contribution in [0.4, 0.5) is 17.3 Å². The van der Waals surface area contributed by atoms with Gasteiger partial charge in [-0.05, 0) is 80.8 Å². The number of benzene rings is 3. The molecule has 1 saturated carbocycles. The smallest absolute Gasteiger partial charge is 0.339 e. The number of aromatic nitrogens is 2. The third-order valence-electron chi connectivity index (χ3n) is 6.55. The van der Waals surface area contributed by atoms with Crippen LogP contribution in [0.25, 0.3) is 11.0 Å². The Morgan fingerprint density at radius 2 is 1.89 bits per heavy atom. The highest BCUT2D eigenvalue weighted by Crippen LogP contribution is 2.31. The van der Waals surface area contributed by atoms with Gasteiger partial charge in [-0.2, -0.15) is 8.42 Å². The third kappa shape index (κ3) is 5.75. The number of nitrogens with zero attached hydrogens (tertiary/aromatic N) is 3. The number of nitrogens with one attached hydrogen (secondary N) is 2. The van der Waals surface area contributed by atoms with Gasteiger partial charge in [-0.1, -0.05) is 12.1 Å². The van der Waals surface area contributed by atoms with Gasteiger partial charge < -0.3 is 19.4 Å². The molecule has 0 atom stereocenters.